The van der Waals surface area contributed by atoms with Gasteiger partial charge in [-0.3, -0.25) is 4.79 Å². The molecule has 0 saturated carbocycles. The Morgan fingerprint density at radius 1 is 1.31 bits per heavy atom. The highest BCUT2D eigenvalue weighted by Crippen LogP contribution is 2.05. The molecule has 0 fully saturated rings. The number of carbonyl (C=O) groups is 1. The summed E-state index contributed by atoms with van der Waals surface area (Å²) in [6.45, 7) is 6.73. The molecule has 0 aromatic rings. The summed E-state index contributed by atoms with van der Waals surface area (Å²) < 4.78 is 24.3. The van der Waals surface area contributed by atoms with Crippen LogP contribution < -0.4 is 5.32 Å². The lowest BCUT2D eigenvalue weighted by Crippen LogP contribution is -2.38. The molecule has 96 valence electrons. The van der Waals surface area contributed by atoms with E-state index in [1.165, 1.54) is 17.5 Å². The Morgan fingerprint density at radius 2 is 1.88 bits per heavy atom. The van der Waals surface area contributed by atoms with Crippen LogP contribution >= 0.6 is 0 Å². The Kier molecular flexibility index (Phi) is 6.59. The molecule has 0 atom stereocenters. The van der Waals surface area contributed by atoms with Gasteiger partial charge in [0, 0.05) is 26.6 Å². The molecule has 0 radical (unpaired) electrons. The van der Waals surface area contributed by atoms with Crippen molar-refractivity contribution in [3.63, 3.8) is 0 Å². The fourth-order valence-electron chi connectivity index (χ4n) is 1.20. The third-order valence-electron chi connectivity index (χ3n) is 2.16. The van der Waals surface area contributed by atoms with Crippen LogP contribution in [0.5, 0.6) is 0 Å². The topological polar surface area (TPSA) is 66.5 Å². The average molecular weight is 250 g/mol. The fraction of sp³-hybridized carbons (Fsp3) is 0.900. The van der Waals surface area contributed by atoms with Crippen LogP contribution in [0.15, 0.2) is 0 Å². The Morgan fingerprint density at radius 3 is 2.25 bits per heavy atom. The number of hydrogen-bond donors (Lipinski definition) is 1. The molecule has 0 unspecified atom stereocenters. The molecule has 0 spiro atoms. The zero-order chi connectivity index (χ0) is 12.8. The van der Waals surface area contributed by atoms with Gasteiger partial charge >= 0.3 is 0 Å². The van der Waals surface area contributed by atoms with Gasteiger partial charge in [-0.25, -0.2) is 12.7 Å². The standard InChI is InChI=1S/C10H22N2O3S/c1-9(2)5-7-12(16(4,14)15)8-6-11-10(3)13/h9H,5-8H2,1-4H3,(H,11,13). The van der Waals surface area contributed by atoms with Gasteiger partial charge in [-0.15, -0.1) is 0 Å². The van der Waals surface area contributed by atoms with E-state index in [1.807, 2.05) is 13.8 Å². The van der Waals surface area contributed by atoms with Crippen molar-refractivity contribution in [2.75, 3.05) is 25.9 Å². The third-order valence-corrected chi connectivity index (χ3v) is 3.46. The minimum absolute atomic E-state index is 0.141. The van der Waals surface area contributed by atoms with Gasteiger partial charge in [-0.1, -0.05) is 13.8 Å². The van der Waals surface area contributed by atoms with Crippen molar-refractivity contribution in [2.24, 2.45) is 5.92 Å². The molecular formula is C10H22N2O3S. The van der Waals surface area contributed by atoms with Crippen LogP contribution in [0.3, 0.4) is 0 Å². The molecule has 0 aliphatic rings. The maximum atomic E-state index is 11.4. The summed E-state index contributed by atoms with van der Waals surface area (Å²) in [6.07, 6.45) is 2.02. The first-order valence-electron chi connectivity index (χ1n) is 5.43. The van der Waals surface area contributed by atoms with Crippen molar-refractivity contribution in [1.29, 1.82) is 0 Å². The van der Waals surface area contributed by atoms with Gasteiger partial charge in [0.15, 0.2) is 0 Å². The van der Waals surface area contributed by atoms with Gasteiger partial charge in [-0.2, -0.15) is 0 Å². The number of rotatable bonds is 7. The first-order chi connectivity index (χ1) is 7.23. The van der Waals surface area contributed by atoms with Crippen molar-refractivity contribution in [2.45, 2.75) is 27.2 Å². The van der Waals surface area contributed by atoms with Crippen LogP contribution in [0.25, 0.3) is 0 Å². The number of carbonyl (C=O) groups excluding carboxylic acids is 1. The Hall–Kier alpha value is -0.620. The van der Waals surface area contributed by atoms with Gasteiger partial charge in [0.1, 0.15) is 0 Å². The molecule has 6 heteroatoms. The summed E-state index contributed by atoms with van der Waals surface area (Å²) in [5, 5.41) is 2.59. The second-order valence-electron chi connectivity index (χ2n) is 4.33. The van der Waals surface area contributed by atoms with Gasteiger partial charge in [0.05, 0.1) is 6.26 Å². The summed E-state index contributed by atoms with van der Waals surface area (Å²) >= 11 is 0. The van der Waals surface area contributed by atoms with E-state index < -0.39 is 10.0 Å². The smallest absolute Gasteiger partial charge is 0.216 e. The average Bonchev–Trinajstić information content (AvgIpc) is 2.07. The number of nitrogens with zero attached hydrogens (tertiary/aromatic N) is 1. The first kappa shape index (κ1) is 15.4. The minimum atomic E-state index is -3.18. The van der Waals surface area contributed by atoms with Gasteiger partial charge in [0.2, 0.25) is 15.9 Å². The van der Waals surface area contributed by atoms with Crippen molar-refractivity contribution in [3.05, 3.63) is 0 Å². The van der Waals surface area contributed by atoms with E-state index >= 15 is 0 Å². The molecule has 0 saturated heterocycles. The predicted molar refractivity (Wildman–Crippen MR) is 64.6 cm³/mol. The molecule has 1 N–H and O–H groups in total. The fourth-order valence-corrected chi connectivity index (χ4v) is 2.06. The van der Waals surface area contributed by atoms with Crippen LogP contribution in [0.4, 0.5) is 0 Å². The van der Waals surface area contributed by atoms with Crippen LogP contribution in [0.1, 0.15) is 27.2 Å². The highest BCUT2D eigenvalue weighted by atomic mass is 32.2. The minimum Gasteiger partial charge on any atom is -0.355 e. The molecule has 1 amide bonds. The normalized spacial score (nSPS) is 12.1. The lowest BCUT2D eigenvalue weighted by molar-refractivity contribution is -0.118. The molecule has 0 aromatic carbocycles. The van der Waals surface area contributed by atoms with Crippen LogP contribution in [-0.4, -0.2) is 44.5 Å². The molecule has 0 aliphatic heterocycles. The Balaban J connectivity index is 4.18. The summed E-state index contributed by atoms with van der Waals surface area (Å²) in [6, 6.07) is 0. The molecule has 5 nitrogen and oxygen atoms in total. The molecule has 16 heavy (non-hydrogen) atoms. The van der Waals surface area contributed by atoms with E-state index in [4.69, 9.17) is 0 Å². The van der Waals surface area contributed by atoms with Gasteiger partial charge in [-0.05, 0) is 12.3 Å². The van der Waals surface area contributed by atoms with Gasteiger partial charge < -0.3 is 5.32 Å². The summed E-state index contributed by atoms with van der Waals surface area (Å²) in [5.41, 5.74) is 0. The van der Waals surface area contributed by atoms with E-state index in [2.05, 4.69) is 5.32 Å². The van der Waals surface area contributed by atoms with Crippen LogP contribution in [0, 0.1) is 5.92 Å². The lowest BCUT2D eigenvalue weighted by atomic mass is 10.1. The number of nitrogens with one attached hydrogen (secondary N) is 1. The van der Waals surface area contributed by atoms with Crippen molar-refractivity contribution >= 4 is 15.9 Å². The number of sulfonamides is 1. The summed E-state index contributed by atoms with van der Waals surface area (Å²) in [7, 11) is -3.18. The Bertz CT molecular complexity index is 312. The monoisotopic (exact) mass is 250 g/mol. The van der Waals surface area contributed by atoms with E-state index in [0.717, 1.165) is 6.42 Å². The quantitative estimate of drug-likeness (QED) is 0.712. The maximum absolute atomic E-state index is 11.4. The largest absolute Gasteiger partial charge is 0.355 e. The molecular weight excluding hydrogens is 228 g/mol. The SMILES string of the molecule is CC(=O)NCCN(CCC(C)C)S(C)(=O)=O. The number of hydrogen-bond acceptors (Lipinski definition) is 3. The highest BCUT2D eigenvalue weighted by molar-refractivity contribution is 7.88. The second-order valence-corrected chi connectivity index (χ2v) is 6.31. The molecule has 0 heterocycles. The van der Waals surface area contributed by atoms with Crippen LogP contribution in [-0.2, 0) is 14.8 Å². The molecule has 0 rings (SSSR count). The molecule has 0 aromatic heterocycles. The van der Waals surface area contributed by atoms with E-state index in [-0.39, 0.29) is 5.91 Å². The summed E-state index contributed by atoms with van der Waals surface area (Å²) in [4.78, 5) is 10.7. The third kappa shape index (κ3) is 7.64. The second kappa shape index (κ2) is 6.85. The van der Waals surface area contributed by atoms with E-state index in [9.17, 15) is 13.2 Å². The van der Waals surface area contributed by atoms with Crippen molar-refractivity contribution in [1.82, 2.24) is 9.62 Å². The Labute approximate surface area is 98.3 Å². The van der Waals surface area contributed by atoms with Crippen LogP contribution in [0.2, 0.25) is 0 Å². The number of amides is 1. The zero-order valence-corrected chi connectivity index (χ0v) is 11.3. The zero-order valence-electron chi connectivity index (χ0n) is 10.5. The predicted octanol–water partition coefficient (Wildman–Crippen LogP) is 0.430. The van der Waals surface area contributed by atoms with E-state index in [0.29, 0.717) is 25.6 Å². The first-order valence-corrected chi connectivity index (χ1v) is 7.28. The lowest BCUT2D eigenvalue weighted by Gasteiger charge is -2.20. The maximum Gasteiger partial charge on any atom is 0.216 e. The van der Waals surface area contributed by atoms with Crippen molar-refractivity contribution < 1.29 is 13.2 Å². The highest BCUT2D eigenvalue weighted by Gasteiger charge is 2.16. The molecule has 0 bridgehead atoms. The van der Waals surface area contributed by atoms with E-state index in [1.54, 1.807) is 0 Å². The molecule has 0 aliphatic carbocycles. The summed E-state index contributed by atoms with van der Waals surface area (Å²) in [5.74, 6) is 0.322. The van der Waals surface area contributed by atoms with Crippen molar-refractivity contribution in [3.8, 4) is 0 Å². The van der Waals surface area contributed by atoms with Gasteiger partial charge in [0.25, 0.3) is 0 Å².